The molecule has 136 valence electrons. The summed E-state index contributed by atoms with van der Waals surface area (Å²) in [6.07, 6.45) is 3.27. The minimum Gasteiger partial charge on any atom is -0.497 e. The number of benzene rings is 1. The van der Waals surface area contributed by atoms with Crippen molar-refractivity contribution in [1.82, 2.24) is 19.1 Å². The van der Waals surface area contributed by atoms with Gasteiger partial charge < -0.3 is 9.30 Å². The third-order valence-electron chi connectivity index (χ3n) is 4.63. The van der Waals surface area contributed by atoms with Crippen LogP contribution in [0, 0.1) is 0 Å². The van der Waals surface area contributed by atoms with Crippen LogP contribution in [0.1, 0.15) is 44.5 Å². The highest BCUT2D eigenvalue weighted by Crippen LogP contribution is 2.29. The van der Waals surface area contributed by atoms with Crippen molar-refractivity contribution in [2.45, 2.75) is 43.5 Å². The van der Waals surface area contributed by atoms with E-state index in [0.717, 1.165) is 18.7 Å². The van der Waals surface area contributed by atoms with Gasteiger partial charge in [-0.25, -0.2) is 8.42 Å². The molecular weight excluding hydrogens is 340 g/mol. The van der Waals surface area contributed by atoms with E-state index in [2.05, 4.69) is 28.6 Å². The second kappa shape index (κ2) is 7.13. The molecule has 7 nitrogen and oxygen atoms in total. The fourth-order valence-corrected chi connectivity index (χ4v) is 4.67. The molecule has 1 aromatic carbocycles. The minimum atomic E-state index is -3.47. The summed E-state index contributed by atoms with van der Waals surface area (Å²) in [4.78, 5) is 0.305. The van der Waals surface area contributed by atoms with Crippen LogP contribution in [0.25, 0.3) is 0 Å². The van der Waals surface area contributed by atoms with Crippen LogP contribution in [0.3, 0.4) is 0 Å². The summed E-state index contributed by atoms with van der Waals surface area (Å²) in [5, 5.41) is 8.21. The zero-order valence-corrected chi connectivity index (χ0v) is 15.6. The minimum absolute atomic E-state index is 0.245. The number of hydrogen-bond donors (Lipinski definition) is 0. The molecule has 0 bridgehead atoms. The molecule has 1 fully saturated rings. The Morgan fingerprint density at radius 3 is 2.36 bits per heavy atom. The lowest BCUT2D eigenvalue weighted by Crippen LogP contribution is -2.39. The predicted octanol–water partition coefficient (Wildman–Crippen LogP) is 2.44. The van der Waals surface area contributed by atoms with Crippen molar-refractivity contribution in [3.8, 4) is 5.75 Å². The number of piperidine rings is 1. The van der Waals surface area contributed by atoms with E-state index in [1.807, 2.05) is 0 Å². The van der Waals surface area contributed by atoms with Crippen LogP contribution in [0.4, 0.5) is 0 Å². The third kappa shape index (κ3) is 3.55. The van der Waals surface area contributed by atoms with E-state index < -0.39 is 10.0 Å². The summed E-state index contributed by atoms with van der Waals surface area (Å²) in [7, 11) is -1.91. The molecule has 1 aliphatic rings. The van der Waals surface area contributed by atoms with E-state index in [-0.39, 0.29) is 6.04 Å². The molecule has 0 amide bonds. The van der Waals surface area contributed by atoms with Crippen molar-refractivity contribution in [2.75, 3.05) is 20.2 Å². The zero-order chi connectivity index (χ0) is 18.0. The molecule has 8 heteroatoms. The first kappa shape index (κ1) is 17.9. The maximum Gasteiger partial charge on any atom is 0.243 e. The highest BCUT2D eigenvalue weighted by molar-refractivity contribution is 7.89. The van der Waals surface area contributed by atoms with Crippen molar-refractivity contribution in [3.05, 3.63) is 36.4 Å². The second-order valence-electron chi connectivity index (χ2n) is 6.56. The van der Waals surface area contributed by atoms with Crippen LogP contribution < -0.4 is 4.74 Å². The van der Waals surface area contributed by atoms with E-state index >= 15 is 0 Å². The standard InChI is InChI=1S/C17H24N4O3S/c1-13(2)17-19-18-12-21(17)14-8-10-20(11-9-14)25(22,23)16-6-4-15(24-3)5-7-16/h4-7,12-14H,8-11H2,1-3H3. The molecule has 2 aromatic rings. The Bertz CT molecular complexity index is 807. The summed E-state index contributed by atoms with van der Waals surface area (Å²) in [6, 6.07) is 6.78. The fourth-order valence-electron chi connectivity index (χ4n) is 3.20. The van der Waals surface area contributed by atoms with Crippen LogP contribution >= 0.6 is 0 Å². The summed E-state index contributed by atoms with van der Waals surface area (Å²) in [5.74, 6) is 1.89. The summed E-state index contributed by atoms with van der Waals surface area (Å²) in [5.41, 5.74) is 0. The molecule has 1 saturated heterocycles. The Labute approximate surface area is 148 Å². The molecule has 25 heavy (non-hydrogen) atoms. The first-order chi connectivity index (χ1) is 11.9. The summed E-state index contributed by atoms with van der Waals surface area (Å²) < 4.78 is 34.4. The number of methoxy groups -OCH3 is 1. The molecule has 0 saturated carbocycles. The van der Waals surface area contributed by atoms with Gasteiger partial charge in [-0.3, -0.25) is 0 Å². The van der Waals surface area contributed by atoms with Crippen molar-refractivity contribution >= 4 is 10.0 Å². The average molecular weight is 364 g/mol. The molecule has 0 spiro atoms. The maximum absolute atomic E-state index is 12.8. The number of ether oxygens (including phenoxy) is 1. The highest BCUT2D eigenvalue weighted by Gasteiger charge is 2.31. The van der Waals surface area contributed by atoms with Crippen LogP contribution in [-0.4, -0.2) is 47.7 Å². The van der Waals surface area contributed by atoms with Gasteiger partial charge in [-0.05, 0) is 37.1 Å². The molecule has 0 radical (unpaired) electrons. The number of sulfonamides is 1. The van der Waals surface area contributed by atoms with Gasteiger partial charge in [-0.1, -0.05) is 13.8 Å². The number of aromatic nitrogens is 3. The van der Waals surface area contributed by atoms with Gasteiger partial charge in [0, 0.05) is 25.0 Å². The lowest BCUT2D eigenvalue weighted by atomic mass is 10.1. The molecule has 2 heterocycles. The number of nitrogens with zero attached hydrogens (tertiary/aromatic N) is 4. The van der Waals surface area contributed by atoms with Gasteiger partial charge in [0.15, 0.2) is 0 Å². The molecule has 0 N–H and O–H groups in total. The van der Waals surface area contributed by atoms with E-state index in [1.54, 1.807) is 42.0 Å². The van der Waals surface area contributed by atoms with Gasteiger partial charge in [0.05, 0.1) is 12.0 Å². The molecule has 1 aliphatic heterocycles. The van der Waals surface area contributed by atoms with Crippen LogP contribution in [0.5, 0.6) is 5.75 Å². The average Bonchev–Trinajstić information content (AvgIpc) is 3.12. The smallest absolute Gasteiger partial charge is 0.243 e. The van der Waals surface area contributed by atoms with Gasteiger partial charge in [0.1, 0.15) is 17.9 Å². The molecule has 1 aromatic heterocycles. The maximum atomic E-state index is 12.8. The quantitative estimate of drug-likeness (QED) is 0.814. The summed E-state index contributed by atoms with van der Waals surface area (Å²) >= 11 is 0. The van der Waals surface area contributed by atoms with Crippen LogP contribution in [0.15, 0.2) is 35.5 Å². The first-order valence-corrected chi connectivity index (χ1v) is 9.91. The van der Waals surface area contributed by atoms with Gasteiger partial charge in [-0.15, -0.1) is 10.2 Å². The topological polar surface area (TPSA) is 77.3 Å². The van der Waals surface area contributed by atoms with E-state index in [1.165, 1.54) is 0 Å². The Morgan fingerprint density at radius 2 is 1.80 bits per heavy atom. The molecule has 0 aliphatic carbocycles. The van der Waals surface area contributed by atoms with Crippen molar-refractivity contribution in [2.24, 2.45) is 0 Å². The third-order valence-corrected chi connectivity index (χ3v) is 6.54. The SMILES string of the molecule is COc1ccc(S(=O)(=O)N2CCC(n3cnnc3C(C)C)CC2)cc1. The normalized spacial score (nSPS) is 17.1. The van der Waals surface area contributed by atoms with Gasteiger partial charge in [0.2, 0.25) is 10.0 Å². The van der Waals surface area contributed by atoms with Gasteiger partial charge >= 0.3 is 0 Å². The predicted molar refractivity (Wildman–Crippen MR) is 94.1 cm³/mol. The van der Waals surface area contributed by atoms with Crippen molar-refractivity contribution in [1.29, 1.82) is 0 Å². The van der Waals surface area contributed by atoms with Crippen LogP contribution in [-0.2, 0) is 10.0 Å². The van der Waals surface area contributed by atoms with E-state index in [4.69, 9.17) is 4.74 Å². The van der Waals surface area contributed by atoms with Gasteiger partial charge in [0.25, 0.3) is 0 Å². The lowest BCUT2D eigenvalue weighted by Gasteiger charge is -2.32. The van der Waals surface area contributed by atoms with Crippen molar-refractivity contribution < 1.29 is 13.2 Å². The Hall–Kier alpha value is -1.93. The first-order valence-electron chi connectivity index (χ1n) is 8.47. The Morgan fingerprint density at radius 1 is 1.16 bits per heavy atom. The highest BCUT2D eigenvalue weighted by atomic mass is 32.2. The number of rotatable bonds is 5. The largest absolute Gasteiger partial charge is 0.497 e. The Kier molecular flexibility index (Phi) is 5.10. The summed E-state index contributed by atoms with van der Waals surface area (Å²) in [6.45, 7) is 5.16. The second-order valence-corrected chi connectivity index (χ2v) is 8.50. The Balaban J connectivity index is 1.71. The monoisotopic (exact) mass is 364 g/mol. The molecular formula is C17H24N4O3S. The van der Waals surface area contributed by atoms with E-state index in [9.17, 15) is 8.42 Å². The van der Waals surface area contributed by atoms with E-state index in [0.29, 0.717) is 29.7 Å². The fraction of sp³-hybridized carbons (Fsp3) is 0.529. The van der Waals surface area contributed by atoms with Crippen LogP contribution in [0.2, 0.25) is 0 Å². The molecule has 3 rings (SSSR count). The molecule has 0 unspecified atom stereocenters. The molecule has 0 atom stereocenters. The number of hydrogen-bond acceptors (Lipinski definition) is 5. The van der Waals surface area contributed by atoms with Gasteiger partial charge in [-0.2, -0.15) is 4.31 Å². The van der Waals surface area contributed by atoms with Crippen molar-refractivity contribution in [3.63, 3.8) is 0 Å². The zero-order valence-electron chi connectivity index (χ0n) is 14.8. The lowest BCUT2D eigenvalue weighted by molar-refractivity contribution is 0.269.